The molecule has 0 nitrogen and oxygen atoms in total. The maximum absolute atomic E-state index is 10.8. The molecule has 6 heteroatoms. The first-order valence-electron chi connectivity index (χ1n) is 1.48. The molecule has 9 heavy (non-hydrogen) atoms. The van der Waals surface area contributed by atoms with Gasteiger partial charge < -0.3 is 6.58 Å². The van der Waals surface area contributed by atoms with E-state index in [4.69, 9.17) is 0 Å². The fourth-order valence-electron chi connectivity index (χ4n) is 0. The van der Waals surface area contributed by atoms with Crippen LogP contribution < -0.4 is 0 Å². The quantitative estimate of drug-likeness (QED) is 0.264. The Morgan fingerprint density at radius 3 is 1.44 bits per heavy atom. The first kappa shape index (κ1) is 12.3. The Balaban J connectivity index is 0. The third-order valence-corrected chi connectivity index (χ3v) is 0.271. The van der Waals surface area contributed by atoms with Crippen molar-refractivity contribution in [1.82, 2.24) is 0 Å². The molecule has 0 aromatic heterocycles. The van der Waals surface area contributed by atoms with Crippen LogP contribution in [-0.2, 0) is 18.6 Å². The zero-order valence-electron chi connectivity index (χ0n) is 3.94. The average molecular weight is 240 g/mol. The summed E-state index contributed by atoms with van der Waals surface area (Å²) in [5.41, 5.74) is 0. The molecule has 0 saturated carbocycles. The number of halogens is 4. The van der Waals surface area contributed by atoms with E-state index in [1.807, 2.05) is 0 Å². The van der Waals surface area contributed by atoms with Crippen LogP contribution in [0.4, 0.5) is 17.6 Å². The molecule has 0 N–H and O–H groups in total. The summed E-state index contributed by atoms with van der Waals surface area (Å²) in [6, 6.07) is 0. The Bertz CT molecular complexity index is 115. The van der Waals surface area contributed by atoms with Crippen molar-refractivity contribution in [3.05, 3.63) is 12.4 Å². The maximum atomic E-state index is 10.8. The molecule has 0 aliphatic rings. The van der Waals surface area contributed by atoms with E-state index in [0.29, 0.717) is 0 Å². The van der Waals surface area contributed by atoms with Gasteiger partial charge in [-0.25, -0.2) is 4.39 Å². The van der Waals surface area contributed by atoms with Crippen molar-refractivity contribution in [3.63, 3.8) is 0 Å². The molecule has 0 unspecified atom stereocenters. The van der Waals surface area contributed by atoms with Gasteiger partial charge in [-0.15, -0.1) is 0 Å². The van der Waals surface area contributed by atoms with Gasteiger partial charge in [0.1, 0.15) is 0 Å². The molecular weight excluding hydrogens is 239 g/mol. The number of alkyl halides is 3. The molecule has 0 aliphatic heterocycles. The topological polar surface area (TPSA) is 0 Å². The van der Waals surface area contributed by atoms with Gasteiger partial charge in [-0.1, -0.05) is 0 Å². The van der Waals surface area contributed by atoms with E-state index in [-0.39, 0.29) is 0 Å². The summed E-state index contributed by atoms with van der Waals surface area (Å²) in [4.78, 5) is 0. The zero-order valence-corrected chi connectivity index (χ0v) is 6.85. The Labute approximate surface area is 61.9 Å². The molecule has 0 bridgehead atoms. The van der Waals surface area contributed by atoms with Gasteiger partial charge in [0, 0.05) is 5.83 Å². The SMILES string of the molecule is [CH-]=C(F)C(F)(F)F.[P]#[Mo+]. The second kappa shape index (κ2) is 5.37. The summed E-state index contributed by atoms with van der Waals surface area (Å²) in [6.45, 7) is 7.23. The Morgan fingerprint density at radius 1 is 1.33 bits per heavy atom. The van der Waals surface area contributed by atoms with Crippen LogP contribution >= 0.6 is 6.65 Å². The van der Waals surface area contributed by atoms with E-state index in [2.05, 4.69) is 13.2 Å². The van der Waals surface area contributed by atoms with E-state index >= 15 is 0 Å². The molecular formula is C3HF4MoP. The Morgan fingerprint density at radius 2 is 1.44 bits per heavy atom. The van der Waals surface area contributed by atoms with Crippen LogP contribution in [-0.4, -0.2) is 6.18 Å². The van der Waals surface area contributed by atoms with Crippen molar-refractivity contribution in [2.24, 2.45) is 0 Å². The van der Waals surface area contributed by atoms with Gasteiger partial charge in [0.15, 0.2) is 0 Å². The van der Waals surface area contributed by atoms with Crippen LogP contribution in [0.5, 0.6) is 0 Å². The standard InChI is InChI=1S/C3HF4.Mo.P/c1-2(4)3(5,6)7;;/h1H;;/q-1;+1;. The fraction of sp³-hybridized carbons (Fsp3) is 0.333. The van der Waals surface area contributed by atoms with Gasteiger partial charge in [-0.3, -0.25) is 0 Å². The van der Waals surface area contributed by atoms with Gasteiger partial charge in [0.05, 0.1) is 0 Å². The number of hydrogen-bond acceptors (Lipinski definition) is 0. The summed E-state index contributed by atoms with van der Waals surface area (Å²) in [6.07, 6.45) is -4.97. The Hall–Kier alpha value is 0.578. The summed E-state index contributed by atoms with van der Waals surface area (Å²) < 4.78 is 42.7. The number of hydrogen-bond donors (Lipinski definition) is 0. The molecule has 52 valence electrons. The van der Waals surface area contributed by atoms with Gasteiger partial charge in [0.25, 0.3) is 0 Å². The van der Waals surface area contributed by atoms with Crippen LogP contribution in [0.1, 0.15) is 0 Å². The van der Waals surface area contributed by atoms with Crippen molar-refractivity contribution in [3.8, 4) is 0 Å². The second-order valence-electron chi connectivity index (χ2n) is 0.846. The average Bonchev–Trinajstić information content (AvgIpc) is 1.69. The molecule has 0 rings (SSSR count). The normalized spacial score (nSPS) is 9.11. The molecule has 0 amide bonds. The molecule has 0 atom stereocenters. The number of rotatable bonds is 0. The van der Waals surface area contributed by atoms with Gasteiger partial charge in [-0.2, -0.15) is 13.2 Å². The van der Waals surface area contributed by atoms with Crippen molar-refractivity contribution < 1.29 is 36.1 Å². The molecule has 0 saturated heterocycles. The number of allylic oxidation sites excluding steroid dienone is 1. The Kier molecular flexibility index (Phi) is 7.32. The monoisotopic (exact) mass is 242 g/mol. The summed E-state index contributed by atoms with van der Waals surface area (Å²) >= 11 is 1.64. The van der Waals surface area contributed by atoms with E-state index in [1.54, 1.807) is 18.6 Å². The molecule has 0 aromatic rings. The van der Waals surface area contributed by atoms with Crippen LogP contribution in [0.2, 0.25) is 0 Å². The first-order valence-corrected chi connectivity index (χ1v) is 4.53. The predicted molar refractivity (Wildman–Crippen MR) is 21.9 cm³/mol. The molecule has 0 heterocycles. The predicted octanol–water partition coefficient (Wildman–Crippen LogP) is 2.69. The third kappa shape index (κ3) is 8.58. The summed E-state index contributed by atoms with van der Waals surface area (Å²) in [5, 5.41) is 0. The third-order valence-electron chi connectivity index (χ3n) is 0.271. The molecule has 0 aliphatic carbocycles. The van der Waals surface area contributed by atoms with Gasteiger partial charge in [-0.05, 0) is 0 Å². The minimum atomic E-state index is -4.97. The van der Waals surface area contributed by atoms with Crippen molar-refractivity contribution in [2.45, 2.75) is 6.18 Å². The summed E-state index contributed by atoms with van der Waals surface area (Å²) in [5.74, 6) is -2.51. The van der Waals surface area contributed by atoms with Gasteiger partial charge >= 0.3 is 31.4 Å². The van der Waals surface area contributed by atoms with E-state index in [1.165, 1.54) is 0 Å². The molecule has 0 aromatic carbocycles. The van der Waals surface area contributed by atoms with Crippen LogP contribution in [0.25, 0.3) is 0 Å². The van der Waals surface area contributed by atoms with Crippen molar-refractivity contribution in [2.75, 3.05) is 0 Å². The van der Waals surface area contributed by atoms with E-state index in [9.17, 15) is 17.6 Å². The summed E-state index contributed by atoms with van der Waals surface area (Å²) in [7, 11) is 0. The minimum absolute atomic E-state index is 1.64. The molecule has 0 fully saturated rings. The van der Waals surface area contributed by atoms with Crippen LogP contribution in [0.15, 0.2) is 5.83 Å². The second-order valence-corrected chi connectivity index (χ2v) is 0.846. The van der Waals surface area contributed by atoms with Crippen molar-refractivity contribution in [1.29, 1.82) is 0 Å². The fourth-order valence-corrected chi connectivity index (χ4v) is 0. The van der Waals surface area contributed by atoms with Crippen molar-refractivity contribution >= 4 is 6.65 Å². The van der Waals surface area contributed by atoms with Crippen LogP contribution in [0.3, 0.4) is 0 Å². The van der Waals surface area contributed by atoms with E-state index < -0.39 is 12.0 Å². The first-order chi connectivity index (χ1) is 3.94. The molecule has 0 radical (unpaired) electrons. The van der Waals surface area contributed by atoms with E-state index in [0.717, 1.165) is 0 Å². The molecule has 0 spiro atoms. The zero-order chi connectivity index (χ0) is 8.08. The van der Waals surface area contributed by atoms with Crippen LogP contribution in [0, 0.1) is 6.58 Å². The van der Waals surface area contributed by atoms with Gasteiger partial charge in [0.2, 0.25) is 0 Å².